The Morgan fingerprint density at radius 3 is 2.50 bits per heavy atom. The largest absolute Gasteiger partial charge is 0.362 e. The van der Waals surface area contributed by atoms with Gasteiger partial charge in [0.25, 0.3) is 0 Å². The predicted octanol–water partition coefficient (Wildman–Crippen LogP) is 2.35. The zero-order valence-corrected chi connectivity index (χ0v) is 13.9. The van der Waals surface area contributed by atoms with E-state index >= 15 is 0 Å². The average Bonchev–Trinajstić information content (AvgIpc) is 2.54. The molecule has 2 aliphatic carbocycles. The first-order valence-corrected chi connectivity index (χ1v) is 8.71. The number of anilines is 2. The molecule has 0 unspecified atom stereocenters. The molecule has 0 bridgehead atoms. The van der Waals surface area contributed by atoms with Crippen LogP contribution in [0.1, 0.15) is 49.8 Å². The van der Waals surface area contributed by atoms with Crippen molar-refractivity contribution in [2.24, 2.45) is 11.7 Å². The molecule has 122 valence electrons. The topological polar surface area (TPSA) is 67.1 Å². The number of hydrogen-bond donors (Lipinski definition) is 2. The standard InChI is InChI=1S/C17H29N5/c1-22(2)16-14-5-3-4-6-15(14)20-17(21-16)19-13-9-7-12(11-18)8-10-13/h12-13H,3-11,18H2,1-2H3,(H,19,20,21)/t12-,13+. The second-order valence-electron chi connectivity index (χ2n) is 7.00. The molecule has 0 atom stereocenters. The second-order valence-corrected chi connectivity index (χ2v) is 7.00. The summed E-state index contributed by atoms with van der Waals surface area (Å²) < 4.78 is 0. The third-order valence-electron chi connectivity index (χ3n) is 5.10. The normalized spacial score (nSPS) is 24.7. The summed E-state index contributed by atoms with van der Waals surface area (Å²) in [7, 11) is 4.15. The number of fused-ring (bicyclic) bond motifs is 1. The summed E-state index contributed by atoms with van der Waals surface area (Å²) in [5.41, 5.74) is 8.39. The van der Waals surface area contributed by atoms with Crippen LogP contribution < -0.4 is 16.0 Å². The summed E-state index contributed by atoms with van der Waals surface area (Å²) in [6.07, 6.45) is 9.52. The number of nitrogens with two attached hydrogens (primary N) is 1. The molecule has 1 aromatic rings. The third-order valence-corrected chi connectivity index (χ3v) is 5.10. The molecule has 0 radical (unpaired) electrons. The van der Waals surface area contributed by atoms with Crippen molar-refractivity contribution in [3.05, 3.63) is 11.3 Å². The summed E-state index contributed by atoms with van der Waals surface area (Å²) in [5.74, 6) is 2.63. The fraction of sp³-hybridized carbons (Fsp3) is 0.765. The van der Waals surface area contributed by atoms with Gasteiger partial charge in [0.05, 0.1) is 5.69 Å². The van der Waals surface area contributed by atoms with Gasteiger partial charge in [-0.3, -0.25) is 0 Å². The van der Waals surface area contributed by atoms with Crippen molar-refractivity contribution in [1.29, 1.82) is 0 Å². The van der Waals surface area contributed by atoms with Crippen LogP contribution >= 0.6 is 0 Å². The first-order valence-electron chi connectivity index (χ1n) is 8.71. The molecule has 1 heterocycles. The maximum atomic E-state index is 5.78. The molecule has 0 aliphatic heterocycles. The van der Waals surface area contributed by atoms with Gasteiger partial charge in [0.2, 0.25) is 5.95 Å². The van der Waals surface area contributed by atoms with E-state index in [4.69, 9.17) is 15.7 Å². The molecule has 2 aliphatic rings. The average molecular weight is 303 g/mol. The van der Waals surface area contributed by atoms with Gasteiger partial charge >= 0.3 is 0 Å². The fourth-order valence-corrected chi connectivity index (χ4v) is 3.73. The molecule has 5 heteroatoms. The molecule has 0 saturated heterocycles. The Labute approximate surface area is 133 Å². The van der Waals surface area contributed by atoms with Gasteiger partial charge in [-0.2, -0.15) is 4.98 Å². The summed E-state index contributed by atoms with van der Waals surface area (Å²) in [6.45, 7) is 0.826. The summed E-state index contributed by atoms with van der Waals surface area (Å²) in [6, 6.07) is 0.499. The highest BCUT2D eigenvalue weighted by Gasteiger charge is 2.23. The lowest BCUT2D eigenvalue weighted by atomic mass is 9.86. The predicted molar refractivity (Wildman–Crippen MR) is 91.4 cm³/mol. The molecular weight excluding hydrogens is 274 g/mol. The van der Waals surface area contributed by atoms with Crippen LogP contribution in [0.2, 0.25) is 0 Å². The van der Waals surface area contributed by atoms with Crippen molar-refractivity contribution < 1.29 is 0 Å². The van der Waals surface area contributed by atoms with Crippen molar-refractivity contribution in [3.63, 3.8) is 0 Å². The van der Waals surface area contributed by atoms with Gasteiger partial charge in [-0.15, -0.1) is 0 Å². The second kappa shape index (κ2) is 6.82. The van der Waals surface area contributed by atoms with Crippen LogP contribution in [0.4, 0.5) is 11.8 Å². The van der Waals surface area contributed by atoms with E-state index in [1.807, 2.05) is 0 Å². The van der Waals surface area contributed by atoms with Gasteiger partial charge in [0, 0.05) is 25.7 Å². The number of rotatable bonds is 4. The van der Waals surface area contributed by atoms with Gasteiger partial charge in [0.15, 0.2) is 0 Å². The first kappa shape index (κ1) is 15.5. The van der Waals surface area contributed by atoms with E-state index in [1.165, 1.54) is 49.8 Å². The van der Waals surface area contributed by atoms with Gasteiger partial charge < -0.3 is 16.0 Å². The molecule has 1 fully saturated rings. The Balaban J connectivity index is 1.75. The van der Waals surface area contributed by atoms with Crippen LogP contribution in [0.3, 0.4) is 0 Å². The zero-order chi connectivity index (χ0) is 15.5. The molecule has 3 N–H and O–H groups in total. The molecule has 3 rings (SSSR count). The number of hydrogen-bond acceptors (Lipinski definition) is 5. The van der Waals surface area contributed by atoms with Gasteiger partial charge in [-0.1, -0.05) is 0 Å². The van der Waals surface area contributed by atoms with Gasteiger partial charge in [-0.05, 0) is 63.8 Å². The molecule has 0 amide bonds. The SMILES string of the molecule is CN(C)c1nc(N[C@H]2CC[C@@H](CN)CC2)nc2c1CCCC2. The van der Waals surface area contributed by atoms with Gasteiger partial charge in [0.1, 0.15) is 5.82 Å². The van der Waals surface area contributed by atoms with E-state index in [-0.39, 0.29) is 0 Å². The van der Waals surface area contributed by atoms with Crippen molar-refractivity contribution in [3.8, 4) is 0 Å². The van der Waals surface area contributed by atoms with E-state index in [9.17, 15) is 0 Å². The highest BCUT2D eigenvalue weighted by Crippen LogP contribution is 2.30. The molecule has 5 nitrogen and oxygen atoms in total. The summed E-state index contributed by atoms with van der Waals surface area (Å²) in [5, 5.41) is 3.58. The smallest absolute Gasteiger partial charge is 0.225 e. The Bertz CT molecular complexity index is 506. The summed E-state index contributed by atoms with van der Waals surface area (Å²) in [4.78, 5) is 11.7. The lowest BCUT2D eigenvalue weighted by molar-refractivity contribution is 0.344. The molecule has 1 aromatic heterocycles. The summed E-state index contributed by atoms with van der Waals surface area (Å²) >= 11 is 0. The molecule has 22 heavy (non-hydrogen) atoms. The monoisotopic (exact) mass is 303 g/mol. The lowest BCUT2D eigenvalue weighted by Gasteiger charge is -2.29. The highest BCUT2D eigenvalue weighted by molar-refractivity contribution is 5.52. The Morgan fingerprint density at radius 1 is 1.09 bits per heavy atom. The molecular formula is C17H29N5. The minimum absolute atomic E-state index is 0.499. The van der Waals surface area contributed by atoms with Crippen LogP contribution in [0, 0.1) is 5.92 Å². The zero-order valence-electron chi connectivity index (χ0n) is 13.9. The van der Waals surface area contributed by atoms with Crippen LogP contribution in [0.15, 0.2) is 0 Å². The number of nitrogens with one attached hydrogen (secondary N) is 1. The molecule has 1 saturated carbocycles. The van der Waals surface area contributed by atoms with E-state index in [1.54, 1.807) is 0 Å². The Morgan fingerprint density at radius 2 is 1.82 bits per heavy atom. The fourth-order valence-electron chi connectivity index (χ4n) is 3.73. The van der Waals surface area contributed by atoms with E-state index < -0.39 is 0 Å². The van der Waals surface area contributed by atoms with E-state index in [2.05, 4.69) is 24.3 Å². The van der Waals surface area contributed by atoms with Crippen LogP contribution in [0.5, 0.6) is 0 Å². The maximum absolute atomic E-state index is 5.78. The van der Waals surface area contributed by atoms with Crippen molar-refractivity contribution in [2.45, 2.75) is 57.4 Å². The maximum Gasteiger partial charge on any atom is 0.225 e. The first-order chi connectivity index (χ1) is 10.7. The number of aryl methyl sites for hydroxylation is 1. The van der Waals surface area contributed by atoms with Crippen LogP contribution in [-0.2, 0) is 12.8 Å². The molecule has 0 aromatic carbocycles. The van der Waals surface area contributed by atoms with Crippen molar-refractivity contribution >= 4 is 11.8 Å². The molecule has 0 spiro atoms. The van der Waals surface area contributed by atoms with E-state index in [0.29, 0.717) is 12.0 Å². The quantitative estimate of drug-likeness (QED) is 0.894. The minimum Gasteiger partial charge on any atom is -0.362 e. The highest BCUT2D eigenvalue weighted by atomic mass is 15.2. The lowest BCUT2D eigenvalue weighted by Crippen LogP contribution is -2.30. The minimum atomic E-state index is 0.499. The van der Waals surface area contributed by atoms with Crippen LogP contribution in [0.25, 0.3) is 0 Å². The van der Waals surface area contributed by atoms with Crippen molar-refractivity contribution in [1.82, 2.24) is 9.97 Å². The van der Waals surface area contributed by atoms with Crippen molar-refractivity contribution in [2.75, 3.05) is 30.9 Å². The van der Waals surface area contributed by atoms with E-state index in [0.717, 1.165) is 31.2 Å². The number of nitrogens with zero attached hydrogens (tertiary/aromatic N) is 3. The van der Waals surface area contributed by atoms with Gasteiger partial charge in [-0.25, -0.2) is 4.98 Å². The third kappa shape index (κ3) is 3.35. The van der Waals surface area contributed by atoms with Crippen LogP contribution in [-0.4, -0.2) is 36.6 Å². The Kier molecular flexibility index (Phi) is 4.81. The Hall–Kier alpha value is -1.36. The number of aromatic nitrogens is 2.